The number of hydrogen-bond donors (Lipinski definition) is 2. The van der Waals surface area contributed by atoms with Crippen LogP contribution in [0.4, 0.5) is 0 Å². The lowest BCUT2D eigenvalue weighted by molar-refractivity contribution is 0.0840. The van der Waals surface area contributed by atoms with Crippen LogP contribution in [0.5, 0.6) is 0 Å². The summed E-state index contributed by atoms with van der Waals surface area (Å²) in [6, 6.07) is 13.1. The van der Waals surface area contributed by atoms with Crippen molar-refractivity contribution >= 4 is 5.91 Å². The number of pyridine rings is 1. The normalized spacial score (nSPS) is 12.2. The highest BCUT2D eigenvalue weighted by Crippen LogP contribution is 2.20. The molecule has 0 bridgehead atoms. The van der Waals surface area contributed by atoms with E-state index in [1.807, 2.05) is 42.5 Å². The van der Waals surface area contributed by atoms with Crippen LogP contribution < -0.4 is 5.32 Å². The van der Waals surface area contributed by atoms with Gasteiger partial charge >= 0.3 is 0 Å². The lowest BCUT2D eigenvalue weighted by Gasteiger charge is -2.20. The summed E-state index contributed by atoms with van der Waals surface area (Å²) in [7, 11) is 1.78. The zero-order valence-corrected chi connectivity index (χ0v) is 11.7. The summed E-state index contributed by atoms with van der Waals surface area (Å²) in [6.45, 7) is 0. The molecule has 0 aliphatic heterocycles. The maximum atomic E-state index is 12.5. The molecule has 0 radical (unpaired) electrons. The fraction of sp³-hybridized carbons (Fsp3) is 0.125. The Morgan fingerprint density at radius 3 is 2.48 bits per heavy atom. The minimum absolute atomic E-state index is 0.0403. The van der Waals surface area contributed by atoms with Gasteiger partial charge in [0.25, 0.3) is 5.91 Å². The average Bonchev–Trinajstić information content (AvgIpc) is 2.49. The second kappa shape index (κ2) is 5.76. The van der Waals surface area contributed by atoms with E-state index in [9.17, 15) is 4.79 Å². The van der Waals surface area contributed by atoms with Crippen LogP contribution in [-0.2, 0) is 0 Å². The monoisotopic (exact) mass is 280 g/mol. The van der Waals surface area contributed by atoms with Crippen LogP contribution in [0, 0.1) is 0 Å². The molecule has 2 heterocycles. The molecule has 0 amide bonds. The smallest absolute Gasteiger partial charge is 0.266 e. The quantitative estimate of drug-likeness (QED) is 0.771. The summed E-state index contributed by atoms with van der Waals surface area (Å²) in [5.41, 5.74) is 2.86. The molecule has 106 valence electrons. The zero-order chi connectivity index (χ0) is 14.7. The predicted octanol–water partition coefficient (Wildman–Crippen LogP) is 2.48. The van der Waals surface area contributed by atoms with Crippen LogP contribution in [0.1, 0.15) is 16.4 Å². The minimum Gasteiger partial charge on any atom is -0.305 e. The Morgan fingerprint density at radius 1 is 1.19 bits per heavy atom. The van der Waals surface area contributed by atoms with Gasteiger partial charge in [0.05, 0.1) is 11.9 Å². The standard InChI is InChI=1S/C16H16N4O/c1-17-15(13-5-3-2-4-6-13)16(21)20-11-14(19-20)12-7-9-18-10-8-12/h2-11,15,17,19H,1H3. The average molecular weight is 280 g/mol. The number of aromatic nitrogens is 3. The fourth-order valence-corrected chi connectivity index (χ4v) is 2.26. The first kappa shape index (κ1) is 13.3. The number of H-pyrrole nitrogens is 1. The minimum atomic E-state index is -0.367. The van der Waals surface area contributed by atoms with Gasteiger partial charge in [0.15, 0.2) is 0 Å². The van der Waals surface area contributed by atoms with E-state index in [0.29, 0.717) is 0 Å². The Kier molecular flexibility index (Phi) is 3.66. The van der Waals surface area contributed by atoms with Crippen molar-refractivity contribution in [1.82, 2.24) is 20.1 Å². The Balaban J connectivity index is 1.80. The second-order valence-electron chi connectivity index (χ2n) is 4.73. The molecular formula is C16H16N4O. The van der Waals surface area contributed by atoms with Crippen molar-refractivity contribution in [2.75, 3.05) is 7.05 Å². The first-order valence-electron chi connectivity index (χ1n) is 6.74. The lowest BCUT2D eigenvalue weighted by Crippen LogP contribution is -2.32. The molecule has 3 aromatic rings. The Labute approximate surface area is 122 Å². The molecule has 21 heavy (non-hydrogen) atoms. The molecule has 5 heteroatoms. The van der Waals surface area contributed by atoms with Crippen molar-refractivity contribution < 1.29 is 4.79 Å². The van der Waals surface area contributed by atoms with Crippen LogP contribution >= 0.6 is 0 Å². The van der Waals surface area contributed by atoms with Crippen LogP contribution in [0.15, 0.2) is 61.1 Å². The molecule has 1 atom stereocenters. The van der Waals surface area contributed by atoms with Gasteiger partial charge in [-0.2, -0.15) is 0 Å². The summed E-state index contributed by atoms with van der Waals surface area (Å²) in [6.07, 6.45) is 5.25. The number of likely N-dealkylation sites (N-methyl/N-ethyl adjacent to an activating group) is 1. The van der Waals surface area contributed by atoms with E-state index in [4.69, 9.17) is 0 Å². The van der Waals surface area contributed by atoms with Gasteiger partial charge in [-0.25, -0.2) is 4.68 Å². The van der Waals surface area contributed by atoms with Crippen molar-refractivity contribution in [3.63, 3.8) is 0 Å². The largest absolute Gasteiger partial charge is 0.305 e. The molecule has 2 N–H and O–H groups in total. The molecule has 0 spiro atoms. The molecule has 1 unspecified atom stereocenters. The number of aromatic amines is 1. The summed E-state index contributed by atoms with van der Waals surface area (Å²) in [5.74, 6) is -0.0403. The summed E-state index contributed by atoms with van der Waals surface area (Å²) in [4.78, 5) is 16.5. The van der Waals surface area contributed by atoms with Crippen molar-refractivity contribution in [2.45, 2.75) is 6.04 Å². The van der Waals surface area contributed by atoms with Crippen molar-refractivity contribution in [1.29, 1.82) is 0 Å². The van der Waals surface area contributed by atoms with Gasteiger partial charge in [0, 0.05) is 18.0 Å². The van der Waals surface area contributed by atoms with Crippen molar-refractivity contribution in [2.24, 2.45) is 0 Å². The number of nitrogens with one attached hydrogen (secondary N) is 2. The first-order valence-corrected chi connectivity index (χ1v) is 6.74. The van der Waals surface area contributed by atoms with Gasteiger partial charge in [0.2, 0.25) is 0 Å². The van der Waals surface area contributed by atoms with Gasteiger partial charge in [-0.15, -0.1) is 0 Å². The molecule has 1 aromatic carbocycles. The van der Waals surface area contributed by atoms with Gasteiger partial charge in [0.1, 0.15) is 6.04 Å². The molecule has 0 saturated heterocycles. The Morgan fingerprint density at radius 2 is 1.86 bits per heavy atom. The van der Waals surface area contributed by atoms with Crippen LogP contribution in [-0.4, -0.2) is 27.7 Å². The van der Waals surface area contributed by atoms with Crippen molar-refractivity contribution in [3.8, 4) is 11.3 Å². The Hall–Kier alpha value is -2.66. The highest BCUT2D eigenvalue weighted by molar-refractivity contribution is 5.86. The summed E-state index contributed by atoms with van der Waals surface area (Å²) < 4.78 is 1.50. The van der Waals surface area contributed by atoms with E-state index in [2.05, 4.69) is 15.4 Å². The number of carbonyl (C=O) groups is 1. The van der Waals surface area contributed by atoms with E-state index in [0.717, 1.165) is 16.8 Å². The lowest BCUT2D eigenvalue weighted by atomic mass is 10.1. The topological polar surface area (TPSA) is 62.7 Å². The van der Waals surface area contributed by atoms with Crippen LogP contribution in [0.25, 0.3) is 11.3 Å². The zero-order valence-electron chi connectivity index (χ0n) is 11.7. The first-order chi connectivity index (χ1) is 10.3. The van der Waals surface area contributed by atoms with Gasteiger partial charge in [-0.3, -0.25) is 14.9 Å². The fourth-order valence-electron chi connectivity index (χ4n) is 2.26. The number of benzene rings is 1. The third-order valence-corrected chi connectivity index (χ3v) is 3.40. The van der Waals surface area contributed by atoms with Crippen LogP contribution in [0.2, 0.25) is 0 Å². The third kappa shape index (κ3) is 2.64. The molecule has 0 fully saturated rings. The molecule has 5 nitrogen and oxygen atoms in total. The molecule has 0 aliphatic rings. The third-order valence-electron chi connectivity index (χ3n) is 3.40. The van der Waals surface area contributed by atoms with Gasteiger partial charge in [-0.1, -0.05) is 30.3 Å². The van der Waals surface area contributed by atoms with E-state index < -0.39 is 0 Å². The molecule has 2 aromatic heterocycles. The summed E-state index contributed by atoms with van der Waals surface area (Å²) >= 11 is 0. The molecular weight excluding hydrogens is 264 g/mol. The maximum Gasteiger partial charge on any atom is 0.266 e. The highest BCUT2D eigenvalue weighted by atomic mass is 16.2. The summed E-state index contributed by atoms with van der Waals surface area (Å²) in [5, 5.41) is 6.11. The number of nitrogens with zero attached hydrogens (tertiary/aromatic N) is 2. The molecule has 0 aliphatic carbocycles. The maximum absolute atomic E-state index is 12.5. The molecule has 0 saturated carbocycles. The van der Waals surface area contributed by atoms with E-state index in [1.54, 1.807) is 25.6 Å². The van der Waals surface area contributed by atoms with Crippen LogP contribution in [0.3, 0.4) is 0 Å². The number of rotatable bonds is 4. The van der Waals surface area contributed by atoms with E-state index >= 15 is 0 Å². The SMILES string of the molecule is CNC(C(=O)n1cc(-c2ccncc2)[nH]1)c1ccccc1. The van der Waals surface area contributed by atoms with Gasteiger partial charge in [-0.05, 0) is 24.7 Å². The predicted molar refractivity (Wildman–Crippen MR) is 80.9 cm³/mol. The van der Waals surface area contributed by atoms with Crippen molar-refractivity contribution in [3.05, 3.63) is 66.6 Å². The highest BCUT2D eigenvalue weighted by Gasteiger charge is 2.22. The second-order valence-corrected chi connectivity index (χ2v) is 4.73. The Bertz CT molecular complexity index is 703. The van der Waals surface area contributed by atoms with E-state index in [-0.39, 0.29) is 11.9 Å². The molecule has 3 rings (SSSR count). The number of hydrogen-bond acceptors (Lipinski definition) is 3. The van der Waals surface area contributed by atoms with E-state index in [1.165, 1.54) is 4.68 Å². The number of carbonyl (C=O) groups excluding carboxylic acids is 1. The van der Waals surface area contributed by atoms with Gasteiger partial charge < -0.3 is 5.32 Å².